The number of hydrogen-bond acceptors (Lipinski definition) is 3. The normalized spacial score (nSPS) is 12.7. The molecule has 2 aromatic carbocycles. The number of benzene rings is 2. The van der Waals surface area contributed by atoms with E-state index in [1.54, 1.807) is 0 Å². The molecule has 0 aliphatic heterocycles. The predicted octanol–water partition coefficient (Wildman–Crippen LogP) is 5.43. The van der Waals surface area contributed by atoms with Crippen LogP contribution >= 0.6 is 0 Å². The lowest BCUT2D eigenvalue weighted by atomic mass is 9.95. The van der Waals surface area contributed by atoms with E-state index in [0.717, 1.165) is 42.0 Å². The van der Waals surface area contributed by atoms with Crippen molar-refractivity contribution < 1.29 is 9.53 Å². The molecule has 1 unspecified atom stereocenters. The Morgan fingerprint density at radius 1 is 1.10 bits per heavy atom. The number of unbranched alkanes of at least 4 members (excludes halogenated alkanes) is 1. The highest BCUT2D eigenvalue weighted by atomic mass is 16.5. The number of aromatic nitrogens is 2. The first-order chi connectivity index (χ1) is 14.3. The van der Waals surface area contributed by atoms with E-state index in [1.165, 1.54) is 5.56 Å². The molecule has 0 fully saturated rings. The van der Waals surface area contributed by atoms with Gasteiger partial charge in [0.25, 0.3) is 0 Å². The van der Waals surface area contributed by atoms with Crippen LogP contribution < -0.4 is 10.1 Å². The number of nitrogens with one attached hydrogen (secondary N) is 1. The third-order valence-corrected chi connectivity index (χ3v) is 5.17. The third kappa shape index (κ3) is 5.41. The van der Waals surface area contributed by atoms with Crippen LogP contribution in [0.5, 0.6) is 5.75 Å². The molecule has 0 aliphatic carbocycles. The lowest BCUT2D eigenvalue weighted by Gasteiger charge is -2.22. The Bertz CT molecular complexity index is 984. The van der Waals surface area contributed by atoms with Gasteiger partial charge in [0.05, 0.1) is 23.7 Å². The molecule has 1 N–H and O–H groups in total. The maximum Gasteiger partial charge on any atom is 0.225 e. The first-order valence-corrected chi connectivity index (χ1v) is 10.7. The summed E-state index contributed by atoms with van der Waals surface area (Å²) in [7, 11) is 0. The molecule has 0 saturated heterocycles. The Hall–Kier alpha value is -2.82. The minimum atomic E-state index is -0.432. The lowest BCUT2D eigenvalue weighted by Crippen LogP contribution is -2.37. The Balaban J connectivity index is 1.65. The van der Waals surface area contributed by atoms with E-state index < -0.39 is 5.41 Å². The van der Waals surface area contributed by atoms with Crippen molar-refractivity contribution in [2.75, 3.05) is 6.61 Å². The van der Waals surface area contributed by atoms with E-state index >= 15 is 0 Å². The van der Waals surface area contributed by atoms with Gasteiger partial charge in [-0.2, -0.15) is 0 Å². The van der Waals surface area contributed by atoms with Crippen molar-refractivity contribution in [3.63, 3.8) is 0 Å². The topological polar surface area (TPSA) is 56.1 Å². The van der Waals surface area contributed by atoms with E-state index in [-0.39, 0.29) is 11.9 Å². The van der Waals surface area contributed by atoms with Gasteiger partial charge >= 0.3 is 0 Å². The van der Waals surface area contributed by atoms with Gasteiger partial charge < -0.3 is 14.6 Å². The highest BCUT2D eigenvalue weighted by molar-refractivity contribution is 5.82. The van der Waals surface area contributed by atoms with Gasteiger partial charge in [0, 0.05) is 12.0 Å². The number of ether oxygens (including phenoxy) is 1. The number of imidazole rings is 1. The van der Waals surface area contributed by atoms with Crippen LogP contribution in [0.25, 0.3) is 11.0 Å². The average Bonchev–Trinajstić information content (AvgIpc) is 3.07. The Morgan fingerprint density at radius 2 is 1.80 bits per heavy atom. The number of aryl methyl sites for hydroxylation is 2. The second-order valence-electron chi connectivity index (χ2n) is 8.92. The summed E-state index contributed by atoms with van der Waals surface area (Å²) < 4.78 is 8.08. The van der Waals surface area contributed by atoms with Crippen LogP contribution in [0.15, 0.2) is 48.5 Å². The number of para-hydroxylation sites is 2. The Labute approximate surface area is 179 Å². The largest absolute Gasteiger partial charge is 0.494 e. The van der Waals surface area contributed by atoms with Crippen LogP contribution in [0.2, 0.25) is 0 Å². The third-order valence-electron chi connectivity index (χ3n) is 5.17. The van der Waals surface area contributed by atoms with Crippen LogP contribution in [0.3, 0.4) is 0 Å². The first kappa shape index (κ1) is 21.9. The quantitative estimate of drug-likeness (QED) is 0.507. The second-order valence-corrected chi connectivity index (χ2v) is 8.92. The van der Waals surface area contributed by atoms with Gasteiger partial charge in [0.2, 0.25) is 5.91 Å². The molecule has 1 atom stereocenters. The number of amides is 1. The number of fused-ring (bicyclic) bond motifs is 1. The first-order valence-electron chi connectivity index (χ1n) is 10.7. The van der Waals surface area contributed by atoms with Crippen molar-refractivity contribution in [2.45, 2.75) is 60.0 Å². The Kier molecular flexibility index (Phi) is 6.80. The molecular weight excluding hydrogens is 374 g/mol. The molecular formula is C25H33N3O2. The molecule has 1 aromatic heterocycles. The molecule has 1 amide bonds. The van der Waals surface area contributed by atoms with Crippen molar-refractivity contribution in [3.05, 3.63) is 59.9 Å². The van der Waals surface area contributed by atoms with Crippen LogP contribution in [0.1, 0.15) is 58.0 Å². The van der Waals surface area contributed by atoms with Gasteiger partial charge in [-0.1, -0.05) is 50.6 Å². The number of carbonyl (C=O) groups is 1. The van der Waals surface area contributed by atoms with E-state index in [2.05, 4.69) is 35.0 Å². The summed E-state index contributed by atoms with van der Waals surface area (Å²) in [5.41, 5.74) is 2.86. The Morgan fingerprint density at radius 3 is 2.50 bits per heavy atom. The molecule has 0 bridgehead atoms. The van der Waals surface area contributed by atoms with Crippen LogP contribution in [0, 0.1) is 12.3 Å². The summed E-state index contributed by atoms with van der Waals surface area (Å²) in [6.45, 7) is 11.4. The average molecular weight is 408 g/mol. The smallest absolute Gasteiger partial charge is 0.225 e. The molecule has 1 heterocycles. The van der Waals surface area contributed by atoms with Crippen LogP contribution in [-0.2, 0) is 11.3 Å². The molecule has 0 aliphatic rings. The minimum Gasteiger partial charge on any atom is -0.494 e. The van der Waals surface area contributed by atoms with Crippen molar-refractivity contribution >= 4 is 16.9 Å². The zero-order valence-electron chi connectivity index (χ0n) is 18.7. The lowest BCUT2D eigenvalue weighted by molar-refractivity contribution is -0.129. The fourth-order valence-corrected chi connectivity index (χ4v) is 3.33. The van der Waals surface area contributed by atoms with Gasteiger partial charge in [-0.3, -0.25) is 4.79 Å². The maximum absolute atomic E-state index is 12.5. The summed E-state index contributed by atoms with van der Waals surface area (Å²) in [5, 5.41) is 3.12. The highest BCUT2D eigenvalue weighted by Gasteiger charge is 2.25. The molecule has 160 valence electrons. The zero-order chi connectivity index (χ0) is 21.7. The summed E-state index contributed by atoms with van der Waals surface area (Å²) in [5.74, 6) is 1.83. The van der Waals surface area contributed by atoms with Gasteiger partial charge in [-0.25, -0.2) is 4.98 Å². The van der Waals surface area contributed by atoms with Crippen molar-refractivity contribution in [1.82, 2.24) is 14.9 Å². The predicted molar refractivity (Wildman–Crippen MR) is 122 cm³/mol. The molecule has 5 heteroatoms. The molecule has 3 aromatic rings. The van der Waals surface area contributed by atoms with Gasteiger partial charge in [-0.15, -0.1) is 0 Å². The van der Waals surface area contributed by atoms with Crippen molar-refractivity contribution in [1.29, 1.82) is 0 Å². The van der Waals surface area contributed by atoms with E-state index in [4.69, 9.17) is 9.72 Å². The second kappa shape index (κ2) is 9.33. The maximum atomic E-state index is 12.5. The van der Waals surface area contributed by atoms with E-state index in [0.29, 0.717) is 6.61 Å². The molecule has 0 saturated carbocycles. The molecule has 0 radical (unpaired) electrons. The number of rotatable bonds is 8. The highest BCUT2D eigenvalue weighted by Crippen LogP contribution is 2.23. The number of hydrogen-bond donors (Lipinski definition) is 1. The zero-order valence-corrected chi connectivity index (χ0v) is 18.7. The summed E-state index contributed by atoms with van der Waals surface area (Å²) >= 11 is 0. The molecule has 5 nitrogen and oxygen atoms in total. The van der Waals surface area contributed by atoms with E-state index in [9.17, 15) is 4.79 Å². The summed E-state index contributed by atoms with van der Waals surface area (Å²) in [6, 6.07) is 16.1. The van der Waals surface area contributed by atoms with Crippen LogP contribution in [-0.4, -0.2) is 22.1 Å². The summed E-state index contributed by atoms with van der Waals surface area (Å²) in [4.78, 5) is 17.3. The fraction of sp³-hybridized carbons (Fsp3) is 0.440. The number of nitrogens with zero attached hydrogens (tertiary/aromatic N) is 2. The van der Waals surface area contributed by atoms with Gasteiger partial charge in [-0.05, 0) is 51.0 Å². The minimum absolute atomic E-state index is 0.0279. The van der Waals surface area contributed by atoms with Crippen LogP contribution in [0.4, 0.5) is 0 Å². The summed E-state index contributed by atoms with van der Waals surface area (Å²) in [6.07, 6.45) is 1.92. The molecule has 30 heavy (non-hydrogen) atoms. The van der Waals surface area contributed by atoms with Gasteiger partial charge in [0.1, 0.15) is 11.6 Å². The van der Waals surface area contributed by atoms with E-state index in [1.807, 2.05) is 58.0 Å². The monoisotopic (exact) mass is 407 g/mol. The van der Waals surface area contributed by atoms with Crippen molar-refractivity contribution in [2.24, 2.45) is 5.41 Å². The van der Waals surface area contributed by atoms with Gasteiger partial charge in [0.15, 0.2) is 0 Å². The SMILES string of the molecule is Cc1ccc(OCCCCn2c(C(C)NC(=O)C(C)(C)C)nc3ccccc32)cc1. The molecule has 3 rings (SSSR count). The van der Waals surface area contributed by atoms with Crippen molar-refractivity contribution in [3.8, 4) is 5.75 Å². The standard InChI is InChI=1S/C25H33N3O2/c1-18-12-14-20(15-13-18)30-17-9-8-16-28-22-11-7-6-10-21(22)27-23(28)19(2)26-24(29)25(3,4)5/h6-7,10-15,19H,8-9,16-17H2,1-5H3,(H,26,29). The fourth-order valence-electron chi connectivity index (χ4n) is 3.33. The molecule has 0 spiro atoms. The number of carbonyl (C=O) groups excluding carboxylic acids is 1.